The molecular formula is C17H18F3NO5. The summed E-state index contributed by atoms with van der Waals surface area (Å²) in [5.41, 5.74) is -1.09. The topological polar surface area (TPSA) is 84.9 Å². The SMILES string of the molecule is O=C(NC1(C(=O)O)CCOCC1)C1CC1c1ccccc1OC(F)(F)F. The molecule has 3 rings (SSSR count). The number of amides is 1. The zero-order chi connectivity index (χ0) is 18.9. The van der Waals surface area contributed by atoms with E-state index in [9.17, 15) is 27.9 Å². The standard InChI is InChI=1S/C17H18F3NO5/c18-17(19,20)26-13-4-2-1-3-10(13)11-9-12(11)14(22)21-16(15(23)24)5-7-25-8-6-16/h1-4,11-12H,5-9H2,(H,21,22)(H,23,24). The number of rotatable bonds is 5. The summed E-state index contributed by atoms with van der Waals surface area (Å²) in [6, 6.07) is 5.68. The molecule has 1 aliphatic carbocycles. The van der Waals surface area contributed by atoms with Gasteiger partial charge in [0.05, 0.1) is 0 Å². The zero-order valence-electron chi connectivity index (χ0n) is 13.7. The van der Waals surface area contributed by atoms with Gasteiger partial charge in [-0.1, -0.05) is 18.2 Å². The van der Waals surface area contributed by atoms with Gasteiger partial charge in [-0.3, -0.25) is 4.79 Å². The van der Waals surface area contributed by atoms with Gasteiger partial charge in [-0.25, -0.2) is 4.79 Å². The number of carboxylic acid groups (broad SMARTS) is 1. The molecule has 6 nitrogen and oxygen atoms in total. The summed E-state index contributed by atoms with van der Waals surface area (Å²) in [5, 5.41) is 12.1. The van der Waals surface area contributed by atoms with Crippen LogP contribution in [-0.4, -0.2) is 42.1 Å². The summed E-state index contributed by atoms with van der Waals surface area (Å²) in [5.74, 6) is -2.95. The van der Waals surface area contributed by atoms with Crippen LogP contribution in [0.1, 0.15) is 30.7 Å². The minimum absolute atomic E-state index is 0.152. The summed E-state index contributed by atoms with van der Waals surface area (Å²) in [4.78, 5) is 24.1. The lowest BCUT2D eigenvalue weighted by atomic mass is 9.89. The highest BCUT2D eigenvalue weighted by Crippen LogP contribution is 2.51. The van der Waals surface area contributed by atoms with Gasteiger partial charge in [0.2, 0.25) is 5.91 Å². The van der Waals surface area contributed by atoms with E-state index in [4.69, 9.17) is 4.74 Å². The molecule has 0 spiro atoms. The van der Waals surface area contributed by atoms with Crippen molar-refractivity contribution in [2.75, 3.05) is 13.2 Å². The third-order valence-corrected chi connectivity index (χ3v) is 4.79. The monoisotopic (exact) mass is 373 g/mol. The van der Waals surface area contributed by atoms with Crippen molar-refractivity contribution in [2.45, 2.75) is 37.1 Å². The number of carbonyl (C=O) groups excluding carboxylic acids is 1. The zero-order valence-corrected chi connectivity index (χ0v) is 13.7. The number of hydrogen-bond donors (Lipinski definition) is 2. The molecule has 1 heterocycles. The van der Waals surface area contributed by atoms with Crippen LogP contribution in [0.25, 0.3) is 0 Å². The normalized spacial score (nSPS) is 24.6. The number of carbonyl (C=O) groups is 2. The fourth-order valence-electron chi connectivity index (χ4n) is 3.27. The maximum absolute atomic E-state index is 12.5. The molecule has 2 atom stereocenters. The Bertz CT molecular complexity index is 700. The largest absolute Gasteiger partial charge is 0.573 e. The number of carboxylic acids is 1. The number of nitrogens with one attached hydrogen (secondary N) is 1. The molecule has 9 heteroatoms. The number of ether oxygens (including phenoxy) is 2. The quantitative estimate of drug-likeness (QED) is 0.828. The van der Waals surface area contributed by atoms with Crippen LogP contribution in [0.2, 0.25) is 0 Å². The van der Waals surface area contributed by atoms with Crippen molar-refractivity contribution in [1.29, 1.82) is 0 Å². The minimum Gasteiger partial charge on any atom is -0.480 e. The maximum atomic E-state index is 12.5. The van der Waals surface area contributed by atoms with E-state index in [1.807, 2.05) is 0 Å². The fraction of sp³-hybridized carbons (Fsp3) is 0.529. The Morgan fingerprint density at radius 1 is 1.23 bits per heavy atom. The van der Waals surface area contributed by atoms with Crippen LogP contribution in [0.3, 0.4) is 0 Å². The minimum atomic E-state index is -4.82. The molecule has 1 saturated carbocycles. The highest BCUT2D eigenvalue weighted by atomic mass is 19.4. The molecule has 0 aromatic heterocycles. The molecule has 2 N–H and O–H groups in total. The van der Waals surface area contributed by atoms with E-state index in [1.54, 1.807) is 6.07 Å². The van der Waals surface area contributed by atoms with E-state index in [0.29, 0.717) is 12.0 Å². The first kappa shape index (κ1) is 18.5. The Hall–Kier alpha value is -2.29. The number of aliphatic carboxylic acids is 1. The number of benzene rings is 1. The molecule has 2 aliphatic rings. The molecule has 142 valence electrons. The molecule has 1 aliphatic heterocycles. The number of para-hydroxylation sites is 1. The smallest absolute Gasteiger partial charge is 0.480 e. The highest BCUT2D eigenvalue weighted by Gasteiger charge is 2.50. The van der Waals surface area contributed by atoms with Gasteiger partial charge in [0.1, 0.15) is 11.3 Å². The molecule has 2 unspecified atom stereocenters. The van der Waals surface area contributed by atoms with Gasteiger partial charge in [0.15, 0.2) is 0 Å². The average Bonchev–Trinajstić information content (AvgIpc) is 3.35. The Morgan fingerprint density at radius 3 is 2.50 bits per heavy atom. The molecule has 2 fully saturated rings. The third kappa shape index (κ3) is 3.92. The first-order valence-corrected chi connectivity index (χ1v) is 8.20. The molecule has 26 heavy (non-hydrogen) atoms. The van der Waals surface area contributed by atoms with E-state index >= 15 is 0 Å². The first-order valence-electron chi connectivity index (χ1n) is 8.20. The van der Waals surface area contributed by atoms with Gasteiger partial charge in [-0.05, 0) is 24.0 Å². The van der Waals surface area contributed by atoms with E-state index in [2.05, 4.69) is 10.1 Å². The summed E-state index contributed by atoms with van der Waals surface area (Å²) >= 11 is 0. The number of halogens is 3. The van der Waals surface area contributed by atoms with Gasteiger partial charge >= 0.3 is 12.3 Å². The van der Waals surface area contributed by atoms with Crippen molar-refractivity contribution in [3.8, 4) is 5.75 Å². The Balaban J connectivity index is 1.70. The molecule has 0 bridgehead atoms. The van der Waals surface area contributed by atoms with E-state index in [0.717, 1.165) is 0 Å². The second kappa shape index (κ2) is 6.79. The van der Waals surface area contributed by atoms with Gasteiger partial charge < -0.3 is 19.9 Å². The summed E-state index contributed by atoms with van der Waals surface area (Å²) in [7, 11) is 0. The van der Waals surface area contributed by atoms with Crippen molar-refractivity contribution >= 4 is 11.9 Å². The Morgan fingerprint density at radius 2 is 1.88 bits per heavy atom. The maximum Gasteiger partial charge on any atom is 0.573 e. The van der Waals surface area contributed by atoms with Gasteiger partial charge in [0, 0.05) is 32.0 Å². The van der Waals surface area contributed by atoms with Gasteiger partial charge in [-0.2, -0.15) is 0 Å². The van der Waals surface area contributed by atoms with Crippen LogP contribution >= 0.6 is 0 Å². The van der Waals surface area contributed by atoms with Crippen LogP contribution in [0.15, 0.2) is 24.3 Å². The Kier molecular flexibility index (Phi) is 4.83. The van der Waals surface area contributed by atoms with Crippen LogP contribution < -0.4 is 10.1 Å². The van der Waals surface area contributed by atoms with Crippen molar-refractivity contribution in [3.05, 3.63) is 29.8 Å². The summed E-state index contributed by atoms with van der Waals surface area (Å²) in [6.45, 7) is 0.450. The summed E-state index contributed by atoms with van der Waals surface area (Å²) < 4.78 is 46.8. The summed E-state index contributed by atoms with van der Waals surface area (Å²) in [6.07, 6.45) is -4.17. The second-order valence-corrected chi connectivity index (χ2v) is 6.52. The third-order valence-electron chi connectivity index (χ3n) is 4.79. The molecule has 0 radical (unpaired) electrons. The highest BCUT2D eigenvalue weighted by molar-refractivity contribution is 5.90. The van der Waals surface area contributed by atoms with Crippen LogP contribution in [0, 0.1) is 5.92 Å². The number of hydrogen-bond acceptors (Lipinski definition) is 4. The first-order chi connectivity index (χ1) is 12.2. The lowest BCUT2D eigenvalue weighted by molar-refractivity contribution is -0.274. The van der Waals surface area contributed by atoms with E-state index in [-0.39, 0.29) is 31.8 Å². The molecule has 1 aromatic carbocycles. The molecule has 1 aromatic rings. The lowest BCUT2D eigenvalue weighted by Gasteiger charge is -2.34. The lowest BCUT2D eigenvalue weighted by Crippen LogP contribution is -2.57. The fourth-order valence-corrected chi connectivity index (χ4v) is 3.27. The second-order valence-electron chi connectivity index (χ2n) is 6.52. The van der Waals surface area contributed by atoms with Crippen molar-refractivity contribution in [1.82, 2.24) is 5.32 Å². The molecule has 1 amide bonds. The van der Waals surface area contributed by atoms with E-state index in [1.165, 1.54) is 18.2 Å². The van der Waals surface area contributed by atoms with E-state index < -0.39 is 35.6 Å². The average molecular weight is 373 g/mol. The van der Waals surface area contributed by atoms with Crippen LogP contribution in [-0.2, 0) is 14.3 Å². The molecular weight excluding hydrogens is 355 g/mol. The predicted molar refractivity (Wildman–Crippen MR) is 82.5 cm³/mol. The van der Waals surface area contributed by atoms with Crippen molar-refractivity contribution in [2.24, 2.45) is 5.92 Å². The van der Waals surface area contributed by atoms with Crippen LogP contribution in [0.4, 0.5) is 13.2 Å². The van der Waals surface area contributed by atoms with Gasteiger partial charge in [-0.15, -0.1) is 13.2 Å². The molecule has 1 saturated heterocycles. The number of alkyl halides is 3. The van der Waals surface area contributed by atoms with Crippen molar-refractivity contribution < 1.29 is 37.3 Å². The van der Waals surface area contributed by atoms with Crippen molar-refractivity contribution in [3.63, 3.8) is 0 Å². The van der Waals surface area contributed by atoms with Gasteiger partial charge in [0.25, 0.3) is 0 Å². The Labute approximate surface area is 147 Å². The predicted octanol–water partition coefficient (Wildman–Crippen LogP) is 2.44. The van der Waals surface area contributed by atoms with Crippen LogP contribution in [0.5, 0.6) is 5.75 Å².